The molecule has 3 rings (SSSR count). The van der Waals surface area contributed by atoms with Crippen LogP contribution in [0, 0.1) is 34.1 Å². The van der Waals surface area contributed by atoms with Crippen LogP contribution in [0.3, 0.4) is 0 Å². The maximum atomic E-state index is 12.4. The second-order valence-corrected chi connectivity index (χ2v) is 7.09. The van der Waals surface area contributed by atoms with Crippen LogP contribution in [0.15, 0.2) is 60.7 Å². The standard InChI is InChI=1S/C23H18N2O8/c1-14-6-7-16(10-15(14)2)21(26)13-32-23(27)17-4-3-5-19(11-17)33-22-9-8-18(24(28)29)12-20(22)25(30)31/h3-12H,13H2,1-2H3. The van der Waals surface area contributed by atoms with E-state index in [1.807, 2.05) is 19.9 Å². The van der Waals surface area contributed by atoms with Crippen LogP contribution in [0.1, 0.15) is 31.8 Å². The van der Waals surface area contributed by atoms with Gasteiger partial charge in [0.05, 0.1) is 21.5 Å². The summed E-state index contributed by atoms with van der Waals surface area (Å²) >= 11 is 0. The monoisotopic (exact) mass is 450 g/mol. The minimum atomic E-state index is -0.807. The molecule has 0 aliphatic carbocycles. The number of esters is 1. The van der Waals surface area contributed by atoms with E-state index in [1.165, 1.54) is 24.3 Å². The third-order valence-electron chi connectivity index (χ3n) is 4.81. The molecule has 0 bridgehead atoms. The number of carbonyl (C=O) groups excluding carboxylic acids is 2. The minimum Gasteiger partial charge on any atom is -0.454 e. The fraction of sp³-hybridized carbons (Fsp3) is 0.130. The SMILES string of the molecule is Cc1ccc(C(=O)COC(=O)c2cccc(Oc3ccc([N+](=O)[O-])cc3[N+](=O)[O-])c2)cc1C. The largest absolute Gasteiger partial charge is 0.454 e. The number of nitro groups is 2. The lowest BCUT2D eigenvalue weighted by molar-refractivity contribution is -0.394. The molecule has 0 N–H and O–H groups in total. The summed E-state index contributed by atoms with van der Waals surface area (Å²) in [5.74, 6) is -1.31. The van der Waals surface area contributed by atoms with Crippen LogP contribution < -0.4 is 4.74 Å². The van der Waals surface area contributed by atoms with Crippen molar-refractivity contribution in [2.24, 2.45) is 0 Å². The lowest BCUT2D eigenvalue weighted by atomic mass is 10.0. The second-order valence-electron chi connectivity index (χ2n) is 7.09. The Morgan fingerprint density at radius 3 is 2.27 bits per heavy atom. The van der Waals surface area contributed by atoms with E-state index in [0.29, 0.717) is 5.56 Å². The van der Waals surface area contributed by atoms with Gasteiger partial charge in [0.2, 0.25) is 5.75 Å². The average molecular weight is 450 g/mol. The van der Waals surface area contributed by atoms with E-state index < -0.39 is 33.8 Å². The molecule has 3 aromatic carbocycles. The van der Waals surface area contributed by atoms with Gasteiger partial charge >= 0.3 is 11.7 Å². The van der Waals surface area contributed by atoms with Crippen LogP contribution in [0.25, 0.3) is 0 Å². The van der Waals surface area contributed by atoms with Crippen molar-refractivity contribution in [3.8, 4) is 11.5 Å². The molecular weight excluding hydrogens is 432 g/mol. The zero-order valence-corrected chi connectivity index (χ0v) is 17.6. The van der Waals surface area contributed by atoms with Crippen molar-refractivity contribution in [2.45, 2.75) is 13.8 Å². The Balaban J connectivity index is 1.72. The van der Waals surface area contributed by atoms with Crippen molar-refractivity contribution in [2.75, 3.05) is 6.61 Å². The van der Waals surface area contributed by atoms with Gasteiger partial charge in [0.15, 0.2) is 12.4 Å². The number of non-ortho nitro benzene ring substituents is 1. The molecule has 10 heteroatoms. The zero-order chi connectivity index (χ0) is 24.1. The molecule has 0 saturated carbocycles. The van der Waals surface area contributed by atoms with Gasteiger partial charge in [-0.15, -0.1) is 0 Å². The fourth-order valence-corrected chi connectivity index (χ4v) is 2.87. The molecule has 0 unspecified atom stereocenters. The maximum absolute atomic E-state index is 12.4. The third kappa shape index (κ3) is 5.56. The van der Waals surface area contributed by atoms with Crippen molar-refractivity contribution in [3.05, 3.63) is 103 Å². The molecule has 0 aromatic heterocycles. The van der Waals surface area contributed by atoms with Gasteiger partial charge in [-0.2, -0.15) is 0 Å². The van der Waals surface area contributed by atoms with Crippen molar-refractivity contribution < 1.29 is 28.9 Å². The van der Waals surface area contributed by atoms with Crippen LogP contribution in [0.2, 0.25) is 0 Å². The summed E-state index contributed by atoms with van der Waals surface area (Å²) in [5, 5.41) is 22.1. The summed E-state index contributed by atoms with van der Waals surface area (Å²) in [4.78, 5) is 45.3. The molecule has 0 saturated heterocycles. The molecule has 33 heavy (non-hydrogen) atoms. The van der Waals surface area contributed by atoms with Gasteiger partial charge < -0.3 is 9.47 Å². The van der Waals surface area contributed by atoms with Gasteiger partial charge in [0, 0.05) is 11.6 Å². The normalized spacial score (nSPS) is 10.4. The Kier molecular flexibility index (Phi) is 6.77. The van der Waals surface area contributed by atoms with E-state index >= 15 is 0 Å². The maximum Gasteiger partial charge on any atom is 0.338 e. The number of ether oxygens (including phenoxy) is 2. The quantitative estimate of drug-likeness (QED) is 0.203. The Bertz CT molecular complexity index is 1270. The van der Waals surface area contributed by atoms with Gasteiger partial charge in [-0.05, 0) is 55.3 Å². The number of hydrogen-bond donors (Lipinski definition) is 0. The molecule has 0 atom stereocenters. The van der Waals surface area contributed by atoms with E-state index in [4.69, 9.17) is 9.47 Å². The van der Waals surface area contributed by atoms with Gasteiger partial charge in [-0.25, -0.2) is 4.79 Å². The first-order valence-electron chi connectivity index (χ1n) is 9.64. The second kappa shape index (κ2) is 9.69. The highest BCUT2D eigenvalue weighted by molar-refractivity contribution is 5.99. The number of carbonyl (C=O) groups is 2. The molecule has 0 aliphatic heterocycles. The zero-order valence-electron chi connectivity index (χ0n) is 17.6. The number of nitro benzene ring substituents is 2. The van der Waals surface area contributed by atoms with Gasteiger partial charge in [-0.1, -0.05) is 18.2 Å². The molecule has 168 valence electrons. The smallest absolute Gasteiger partial charge is 0.338 e. The predicted octanol–water partition coefficient (Wildman–Crippen LogP) is 4.95. The summed E-state index contributed by atoms with van der Waals surface area (Å²) in [6.45, 7) is 3.34. The van der Waals surface area contributed by atoms with Crippen LogP contribution in [0.4, 0.5) is 11.4 Å². The topological polar surface area (TPSA) is 139 Å². The number of hydrogen-bond acceptors (Lipinski definition) is 8. The molecule has 0 amide bonds. The van der Waals surface area contributed by atoms with E-state index in [0.717, 1.165) is 29.3 Å². The van der Waals surface area contributed by atoms with Gasteiger partial charge in [-0.3, -0.25) is 25.0 Å². The minimum absolute atomic E-state index is 0.0601. The van der Waals surface area contributed by atoms with E-state index in [1.54, 1.807) is 12.1 Å². The number of nitrogens with zero attached hydrogens (tertiary/aromatic N) is 2. The number of Topliss-reactive ketones (excluding diaryl/α,β-unsaturated/α-hetero) is 1. The number of benzene rings is 3. The summed E-state index contributed by atoms with van der Waals surface area (Å²) in [6, 6.07) is 13.8. The van der Waals surface area contributed by atoms with E-state index in [9.17, 15) is 29.8 Å². The summed E-state index contributed by atoms with van der Waals surface area (Å²) in [7, 11) is 0. The molecule has 0 heterocycles. The van der Waals surface area contributed by atoms with E-state index in [2.05, 4.69) is 0 Å². The van der Waals surface area contributed by atoms with Crippen LogP contribution >= 0.6 is 0 Å². The van der Waals surface area contributed by atoms with Gasteiger partial charge in [0.25, 0.3) is 5.69 Å². The fourth-order valence-electron chi connectivity index (χ4n) is 2.87. The van der Waals surface area contributed by atoms with Crippen molar-refractivity contribution in [3.63, 3.8) is 0 Å². The van der Waals surface area contributed by atoms with Crippen LogP contribution in [0.5, 0.6) is 11.5 Å². The summed E-state index contributed by atoms with van der Waals surface area (Å²) in [6.07, 6.45) is 0. The molecule has 0 aliphatic rings. The summed E-state index contributed by atoms with van der Waals surface area (Å²) < 4.78 is 10.6. The first-order valence-corrected chi connectivity index (χ1v) is 9.64. The molecule has 0 fully saturated rings. The number of rotatable bonds is 8. The Morgan fingerprint density at radius 1 is 0.848 bits per heavy atom. The lowest BCUT2D eigenvalue weighted by Gasteiger charge is -2.09. The molecule has 0 radical (unpaired) electrons. The van der Waals surface area contributed by atoms with E-state index in [-0.39, 0.29) is 22.8 Å². The highest BCUT2D eigenvalue weighted by Gasteiger charge is 2.21. The first-order chi connectivity index (χ1) is 15.7. The molecule has 0 spiro atoms. The average Bonchev–Trinajstić information content (AvgIpc) is 2.79. The Labute approximate surface area is 187 Å². The lowest BCUT2D eigenvalue weighted by Crippen LogP contribution is -2.14. The highest BCUT2D eigenvalue weighted by Crippen LogP contribution is 2.34. The third-order valence-corrected chi connectivity index (χ3v) is 4.81. The highest BCUT2D eigenvalue weighted by atomic mass is 16.6. The molecule has 10 nitrogen and oxygen atoms in total. The van der Waals surface area contributed by atoms with Gasteiger partial charge in [0.1, 0.15) is 5.75 Å². The Morgan fingerprint density at radius 2 is 1.61 bits per heavy atom. The molecular formula is C23H18N2O8. The number of ketones is 1. The summed E-state index contributed by atoms with van der Waals surface area (Å²) in [5.41, 5.74) is 1.40. The predicted molar refractivity (Wildman–Crippen MR) is 117 cm³/mol. The van der Waals surface area contributed by atoms with Crippen molar-refractivity contribution in [1.82, 2.24) is 0 Å². The first kappa shape index (κ1) is 23.1. The van der Waals surface area contributed by atoms with Crippen LogP contribution in [-0.2, 0) is 4.74 Å². The molecule has 3 aromatic rings. The van der Waals surface area contributed by atoms with Crippen LogP contribution in [-0.4, -0.2) is 28.2 Å². The van der Waals surface area contributed by atoms with Crippen molar-refractivity contribution in [1.29, 1.82) is 0 Å². The number of aryl methyl sites for hydroxylation is 2. The Hall–Kier alpha value is -4.60. The van der Waals surface area contributed by atoms with Crippen molar-refractivity contribution >= 4 is 23.1 Å².